The van der Waals surface area contributed by atoms with Crippen molar-refractivity contribution in [3.8, 4) is 5.40 Å². The highest BCUT2D eigenvalue weighted by Gasteiger charge is 2.13. The van der Waals surface area contributed by atoms with Gasteiger partial charge in [-0.05, 0) is 25.6 Å². The van der Waals surface area contributed by atoms with Gasteiger partial charge < -0.3 is 9.47 Å². The Morgan fingerprint density at radius 2 is 1.93 bits per heavy atom. The van der Waals surface area contributed by atoms with Crippen molar-refractivity contribution in [1.29, 1.82) is 5.26 Å². The molecule has 0 radical (unpaired) electrons. The number of thiocyanates is 1. The van der Waals surface area contributed by atoms with E-state index < -0.39 is 11.9 Å². The van der Waals surface area contributed by atoms with E-state index in [0.717, 1.165) is 6.08 Å². The average Bonchev–Trinajstić information content (AvgIpc) is 2.18. The zero-order chi connectivity index (χ0) is 11.7. The van der Waals surface area contributed by atoms with Gasteiger partial charge in [-0.15, -0.1) is 0 Å². The molecule has 0 fully saturated rings. The highest BCUT2D eigenvalue weighted by Crippen LogP contribution is 2.15. The first-order valence-electron chi connectivity index (χ1n) is 4.27. The van der Waals surface area contributed by atoms with Crippen molar-refractivity contribution in [2.24, 2.45) is 0 Å². The molecule has 5 nitrogen and oxygen atoms in total. The molecule has 0 amide bonds. The predicted octanol–water partition coefficient (Wildman–Crippen LogP) is 1.21. The van der Waals surface area contributed by atoms with Crippen LogP contribution in [-0.2, 0) is 19.1 Å². The lowest BCUT2D eigenvalue weighted by Gasteiger charge is -2.02. The van der Waals surface area contributed by atoms with Crippen LogP contribution in [0.4, 0.5) is 0 Å². The minimum absolute atomic E-state index is 0.0715. The minimum Gasteiger partial charge on any atom is -0.463 e. The van der Waals surface area contributed by atoms with E-state index in [4.69, 9.17) is 5.26 Å². The van der Waals surface area contributed by atoms with E-state index in [9.17, 15) is 9.59 Å². The zero-order valence-corrected chi connectivity index (χ0v) is 9.30. The van der Waals surface area contributed by atoms with Gasteiger partial charge in [-0.1, -0.05) is 0 Å². The van der Waals surface area contributed by atoms with E-state index in [0.29, 0.717) is 11.8 Å². The van der Waals surface area contributed by atoms with Crippen LogP contribution in [0.1, 0.15) is 13.8 Å². The van der Waals surface area contributed by atoms with Crippen LogP contribution in [0.2, 0.25) is 0 Å². The molecule has 0 atom stereocenters. The Morgan fingerprint density at radius 1 is 1.33 bits per heavy atom. The molecule has 0 aromatic heterocycles. The SMILES string of the molecule is CCOC(=O)/C=C(\SC#N)C(=O)OCC. The maximum absolute atomic E-state index is 11.2. The summed E-state index contributed by atoms with van der Waals surface area (Å²) in [7, 11) is 0. The largest absolute Gasteiger partial charge is 0.463 e. The van der Waals surface area contributed by atoms with Crippen LogP contribution in [-0.4, -0.2) is 25.2 Å². The first-order chi connectivity index (χ1) is 7.15. The molecular weight excluding hydrogens is 218 g/mol. The van der Waals surface area contributed by atoms with E-state index in [1.54, 1.807) is 19.2 Å². The Hall–Kier alpha value is -1.48. The Morgan fingerprint density at radius 3 is 2.40 bits per heavy atom. The maximum atomic E-state index is 11.2. The van der Waals surface area contributed by atoms with Crippen LogP contribution in [0.5, 0.6) is 0 Å². The Bertz CT molecular complexity index is 306. The molecule has 15 heavy (non-hydrogen) atoms. The molecule has 0 aromatic carbocycles. The van der Waals surface area contributed by atoms with Crippen LogP contribution in [0.15, 0.2) is 11.0 Å². The number of hydrogen-bond donors (Lipinski definition) is 0. The van der Waals surface area contributed by atoms with Crippen molar-refractivity contribution in [3.63, 3.8) is 0 Å². The average molecular weight is 229 g/mol. The van der Waals surface area contributed by atoms with Gasteiger partial charge in [-0.25, -0.2) is 9.59 Å². The number of nitriles is 1. The molecule has 0 aliphatic heterocycles. The summed E-state index contributed by atoms with van der Waals surface area (Å²) in [4.78, 5) is 22.1. The third kappa shape index (κ3) is 5.75. The first-order valence-corrected chi connectivity index (χ1v) is 5.08. The topological polar surface area (TPSA) is 76.4 Å². The fraction of sp³-hybridized carbons (Fsp3) is 0.444. The van der Waals surface area contributed by atoms with Crippen molar-refractivity contribution in [3.05, 3.63) is 11.0 Å². The van der Waals surface area contributed by atoms with Gasteiger partial charge in [0, 0.05) is 6.08 Å². The van der Waals surface area contributed by atoms with E-state index in [-0.39, 0.29) is 18.1 Å². The fourth-order valence-electron chi connectivity index (χ4n) is 0.672. The second-order valence-corrected chi connectivity index (χ2v) is 3.00. The number of rotatable bonds is 5. The number of nitrogens with zero attached hydrogens (tertiary/aromatic N) is 1. The van der Waals surface area contributed by atoms with E-state index >= 15 is 0 Å². The lowest BCUT2D eigenvalue weighted by Crippen LogP contribution is -2.08. The molecule has 0 bridgehead atoms. The van der Waals surface area contributed by atoms with E-state index in [1.807, 2.05) is 0 Å². The summed E-state index contributed by atoms with van der Waals surface area (Å²) in [5, 5.41) is 10.1. The molecule has 6 heteroatoms. The normalized spacial score (nSPS) is 10.3. The third-order valence-corrected chi connectivity index (χ3v) is 1.76. The van der Waals surface area contributed by atoms with Gasteiger partial charge in [0.1, 0.15) is 10.3 Å². The molecule has 0 rings (SSSR count). The van der Waals surface area contributed by atoms with Gasteiger partial charge >= 0.3 is 11.9 Å². The summed E-state index contributed by atoms with van der Waals surface area (Å²) in [5.41, 5.74) is 0. The summed E-state index contributed by atoms with van der Waals surface area (Å²) in [6.45, 7) is 3.68. The molecule has 0 unspecified atom stereocenters. The van der Waals surface area contributed by atoms with Crippen molar-refractivity contribution < 1.29 is 19.1 Å². The maximum Gasteiger partial charge on any atom is 0.345 e. The number of hydrogen-bond acceptors (Lipinski definition) is 6. The number of esters is 2. The molecule has 0 saturated heterocycles. The van der Waals surface area contributed by atoms with Crippen molar-refractivity contribution in [2.45, 2.75) is 13.8 Å². The molecular formula is C9H11NO4S. The Kier molecular flexibility index (Phi) is 7.10. The predicted molar refractivity (Wildman–Crippen MR) is 54.6 cm³/mol. The Balaban J connectivity index is 4.58. The summed E-state index contributed by atoms with van der Waals surface area (Å²) < 4.78 is 9.25. The van der Waals surface area contributed by atoms with Crippen LogP contribution in [0.25, 0.3) is 0 Å². The van der Waals surface area contributed by atoms with E-state index in [1.165, 1.54) is 0 Å². The first kappa shape index (κ1) is 13.5. The minimum atomic E-state index is -0.697. The molecule has 82 valence electrons. The summed E-state index contributed by atoms with van der Waals surface area (Å²) >= 11 is 0.570. The number of carbonyl (C=O) groups excluding carboxylic acids is 2. The van der Waals surface area contributed by atoms with Crippen LogP contribution >= 0.6 is 11.8 Å². The summed E-state index contributed by atoms with van der Waals surface area (Å²) in [5.74, 6) is -1.36. The number of thioether (sulfide) groups is 1. The molecule has 0 N–H and O–H groups in total. The van der Waals surface area contributed by atoms with Gasteiger partial charge in [-0.3, -0.25) is 0 Å². The molecule has 0 spiro atoms. The lowest BCUT2D eigenvalue weighted by atomic mass is 10.5. The van der Waals surface area contributed by atoms with Gasteiger partial charge in [0.2, 0.25) is 0 Å². The van der Waals surface area contributed by atoms with Gasteiger partial charge in [0.25, 0.3) is 0 Å². The second kappa shape index (κ2) is 7.88. The third-order valence-electron chi connectivity index (χ3n) is 1.17. The quantitative estimate of drug-likeness (QED) is 0.400. The molecule has 0 aliphatic carbocycles. The molecule has 0 saturated carbocycles. The number of carbonyl (C=O) groups is 2. The summed E-state index contributed by atoms with van der Waals surface area (Å²) in [6.07, 6.45) is 0.954. The number of ether oxygens (including phenoxy) is 2. The smallest absolute Gasteiger partial charge is 0.345 e. The monoisotopic (exact) mass is 229 g/mol. The highest BCUT2D eigenvalue weighted by molar-refractivity contribution is 8.08. The van der Waals surface area contributed by atoms with Gasteiger partial charge in [-0.2, -0.15) is 5.26 Å². The van der Waals surface area contributed by atoms with Crippen molar-refractivity contribution in [1.82, 2.24) is 0 Å². The second-order valence-electron chi connectivity index (χ2n) is 2.17. The van der Waals surface area contributed by atoms with Gasteiger partial charge in [0.15, 0.2) is 0 Å². The molecule has 0 aromatic rings. The highest BCUT2D eigenvalue weighted by atomic mass is 32.2. The van der Waals surface area contributed by atoms with Crippen LogP contribution < -0.4 is 0 Å². The molecule has 0 heterocycles. The lowest BCUT2D eigenvalue weighted by molar-refractivity contribution is -0.140. The van der Waals surface area contributed by atoms with E-state index in [2.05, 4.69) is 9.47 Å². The summed E-state index contributed by atoms with van der Waals surface area (Å²) in [6, 6.07) is 0. The Labute approximate surface area is 92.0 Å². The van der Waals surface area contributed by atoms with Gasteiger partial charge in [0.05, 0.1) is 13.2 Å². The zero-order valence-electron chi connectivity index (χ0n) is 8.48. The molecule has 0 aliphatic rings. The van der Waals surface area contributed by atoms with Crippen molar-refractivity contribution >= 4 is 23.7 Å². The van der Waals surface area contributed by atoms with Crippen LogP contribution in [0.3, 0.4) is 0 Å². The fourth-order valence-corrected chi connectivity index (χ4v) is 1.07. The standard InChI is InChI=1S/C9H11NO4S/c1-3-13-8(11)5-7(15-6-10)9(12)14-4-2/h5H,3-4H2,1-2H3/b7-5-. The van der Waals surface area contributed by atoms with Crippen molar-refractivity contribution in [2.75, 3.05) is 13.2 Å². The van der Waals surface area contributed by atoms with Crippen LogP contribution in [0, 0.1) is 10.7 Å².